The third-order valence-corrected chi connectivity index (χ3v) is 4.09. The Kier molecular flexibility index (Phi) is 4.67. The molecule has 0 atom stereocenters. The van der Waals surface area contributed by atoms with Crippen molar-refractivity contribution in [1.29, 1.82) is 0 Å². The molecular weight excluding hydrogens is 256 g/mol. The molecule has 1 aliphatic heterocycles. The van der Waals surface area contributed by atoms with Crippen molar-refractivity contribution >= 4 is 5.69 Å². The first-order valence-electron chi connectivity index (χ1n) is 7.01. The van der Waals surface area contributed by atoms with Gasteiger partial charge in [-0.05, 0) is 46.8 Å². The van der Waals surface area contributed by atoms with Crippen LogP contribution in [0.25, 0.3) is 0 Å². The molecule has 1 aromatic rings. The number of aryl methyl sites for hydroxylation is 1. The van der Waals surface area contributed by atoms with Gasteiger partial charge in [0.15, 0.2) is 0 Å². The predicted octanol–water partition coefficient (Wildman–Crippen LogP) is 1.79. The minimum atomic E-state index is -0.305. The average molecular weight is 278 g/mol. The monoisotopic (exact) mass is 278 g/mol. The maximum atomic E-state index is 11.1. The number of pyridine rings is 1. The zero-order valence-electron chi connectivity index (χ0n) is 12.3. The maximum Gasteiger partial charge on any atom is 0.278 e. The average Bonchev–Trinajstić information content (AvgIpc) is 2.42. The third-order valence-electron chi connectivity index (χ3n) is 4.09. The molecule has 0 aromatic carbocycles. The highest BCUT2D eigenvalue weighted by Crippen LogP contribution is 2.25. The number of nitro groups is 1. The molecule has 20 heavy (non-hydrogen) atoms. The Labute approximate surface area is 119 Å². The van der Waals surface area contributed by atoms with Crippen LogP contribution in [0, 0.1) is 24.0 Å². The molecule has 0 saturated carbocycles. The minimum Gasteiger partial charge on any atom is -0.317 e. The Balaban J connectivity index is 2.16. The predicted molar refractivity (Wildman–Crippen MR) is 77.7 cm³/mol. The van der Waals surface area contributed by atoms with Crippen molar-refractivity contribution < 1.29 is 4.92 Å². The summed E-state index contributed by atoms with van der Waals surface area (Å²) >= 11 is 0. The van der Waals surface area contributed by atoms with Gasteiger partial charge in [-0.15, -0.1) is 0 Å². The first kappa shape index (κ1) is 14.9. The Morgan fingerprint density at radius 2 is 2.10 bits per heavy atom. The van der Waals surface area contributed by atoms with Gasteiger partial charge in [0.05, 0.1) is 10.6 Å². The molecule has 1 saturated heterocycles. The van der Waals surface area contributed by atoms with E-state index in [1.807, 2.05) is 0 Å². The fourth-order valence-electron chi connectivity index (χ4n) is 2.82. The molecule has 1 aromatic heterocycles. The topological polar surface area (TPSA) is 71.3 Å². The van der Waals surface area contributed by atoms with Crippen LogP contribution in [0.5, 0.6) is 0 Å². The quantitative estimate of drug-likeness (QED) is 0.671. The number of nitrogens with one attached hydrogen (secondary N) is 1. The first-order valence-corrected chi connectivity index (χ1v) is 7.01. The third kappa shape index (κ3) is 3.13. The summed E-state index contributed by atoms with van der Waals surface area (Å²) < 4.78 is 0. The lowest BCUT2D eigenvalue weighted by molar-refractivity contribution is -0.386. The van der Waals surface area contributed by atoms with Crippen molar-refractivity contribution in [2.45, 2.75) is 39.3 Å². The van der Waals surface area contributed by atoms with E-state index in [2.05, 4.69) is 22.2 Å². The molecule has 0 unspecified atom stereocenters. The molecule has 1 fully saturated rings. The van der Waals surface area contributed by atoms with Gasteiger partial charge in [0.1, 0.15) is 0 Å². The number of piperidine rings is 1. The van der Waals surface area contributed by atoms with Gasteiger partial charge in [0.2, 0.25) is 0 Å². The molecule has 0 spiro atoms. The van der Waals surface area contributed by atoms with Crippen molar-refractivity contribution in [3.05, 3.63) is 33.1 Å². The summed E-state index contributed by atoms with van der Waals surface area (Å²) in [5, 5.41) is 14.5. The molecule has 6 nitrogen and oxygen atoms in total. The molecule has 1 N–H and O–H groups in total. The number of nitrogens with zero attached hydrogens (tertiary/aromatic N) is 3. The molecule has 2 heterocycles. The second kappa shape index (κ2) is 6.28. The molecule has 0 aliphatic carbocycles. The number of aromatic nitrogens is 1. The summed E-state index contributed by atoms with van der Waals surface area (Å²) in [7, 11) is 2.07. The lowest BCUT2D eigenvalue weighted by Gasteiger charge is -2.31. The van der Waals surface area contributed by atoms with Crippen LogP contribution in [0.1, 0.15) is 29.7 Å². The van der Waals surface area contributed by atoms with Gasteiger partial charge in [0, 0.05) is 29.9 Å². The summed E-state index contributed by atoms with van der Waals surface area (Å²) in [6.07, 6.45) is 3.84. The van der Waals surface area contributed by atoms with Crippen molar-refractivity contribution in [1.82, 2.24) is 15.2 Å². The molecule has 1 aliphatic rings. The highest BCUT2D eigenvalue weighted by molar-refractivity contribution is 5.47. The van der Waals surface area contributed by atoms with Gasteiger partial charge in [-0.25, -0.2) is 0 Å². The zero-order valence-corrected chi connectivity index (χ0v) is 12.3. The molecule has 2 rings (SSSR count). The van der Waals surface area contributed by atoms with Crippen LogP contribution >= 0.6 is 0 Å². The molecule has 6 heteroatoms. The summed E-state index contributed by atoms with van der Waals surface area (Å²) in [6.45, 7) is 6.27. The highest BCUT2D eigenvalue weighted by Gasteiger charge is 2.22. The van der Waals surface area contributed by atoms with E-state index in [0.717, 1.165) is 31.6 Å². The van der Waals surface area contributed by atoms with Crippen LogP contribution in [0.15, 0.2) is 6.20 Å². The van der Waals surface area contributed by atoms with Crippen molar-refractivity contribution in [3.8, 4) is 0 Å². The second-order valence-electron chi connectivity index (χ2n) is 5.51. The summed E-state index contributed by atoms with van der Waals surface area (Å²) in [4.78, 5) is 17.5. The van der Waals surface area contributed by atoms with Crippen LogP contribution in [-0.4, -0.2) is 41.0 Å². The van der Waals surface area contributed by atoms with Gasteiger partial charge in [-0.3, -0.25) is 20.0 Å². The van der Waals surface area contributed by atoms with E-state index in [1.54, 1.807) is 20.0 Å². The lowest BCUT2D eigenvalue weighted by Crippen LogP contribution is -2.41. The molecular formula is C14H22N4O2. The Bertz CT molecular complexity index is 498. The van der Waals surface area contributed by atoms with Crippen LogP contribution in [0.4, 0.5) is 5.69 Å². The van der Waals surface area contributed by atoms with Crippen molar-refractivity contribution in [3.63, 3.8) is 0 Å². The van der Waals surface area contributed by atoms with Crippen LogP contribution in [-0.2, 0) is 6.54 Å². The summed E-state index contributed by atoms with van der Waals surface area (Å²) in [5.41, 5.74) is 2.33. The Hall–Kier alpha value is -1.53. The van der Waals surface area contributed by atoms with Crippen molar-refractivity contribution in [2.24, 2.45) is 0 Å². The van der Waals surface area contributed by atoms with Gasteiger partial charge in [-0.1, -0.05) is 0 Å². The van der Waals surface area contributed by atoms with E-state index in [-0.39, 0.29) is 10.6 Å². The van der Waals surface area contributed by atoms with E-state index in [1.165, 1.54) is 0 Å². The van der Waals surface area contributed by atoms with E-state index >= 15 is 0 Å². The molecule has 0 amide bonds. The fraction of sp³-hybridized carbons (Fsp3) is 0.643. The maximum absolute atomic E-state index is 11.1. The Morgan fingerprint density at radius 3 is 2.70 bits per heavy atom. The van der Waals surface area contributed by atoms with E-state index in [0.29, 0.717) is 23.7 Å². The SMILES string of the molecule is Cc1cnc(CN(C)C2CCNCC2)c(C)c1[N+](=O)[O-]. The van der Waals surface area contributed by atoms with E-state index in [9.17, 15) is 10.1 Å². The standard InChI is InChI=1S/C14H22N4O2/c1-10-8-16-13(11(2)14(10)18(19)20)9-17(3)12-4-6-15-7-5-12/h8,12,15H,4-7,9H2,1-3H3. The smallest absolute Gasteiger partial charge is 0.278 e. The van der Waals surface area contributed by atoms with Crippen LogP contribution in [0.3, 0.4) is 0 Å². The second-order valence-corrected chi connectivity index (χ2v) is 5.51. The number of rotatable bonds is 4. The zero-order chi connectivity index (χ0) is 14.7. The Morgan fingerprint density at radius 1 is 1.45 bits per heavy atom. The molecule has 110 valence electrons. The summed E-state index contributed by atoms with van der Waals surface area (Å²) in [6, 6.07) is 0.526. The normalized spacial score (nSPS) is 16.6. The lowest BCUT2D eigenvalue weighted by atomic mass is 10.0. The van der Waals surface area contributed by atoms with Gasteiger partial charge < -0.3 is 5.32 Å². The van der Waals surface area contributed by atoms with Crippen LogP contribution < -0.4 is 5.32 Å². The largest absolute Gasteiger partial charge is 0.317 e. The van der Waals surface area contributed by atoms with Gasteiger partial charge in [-0.2, -0.15) is 0 Å². The van der Waals surface area contributed by atoms with E-state index < -0.39 is 0 Å². The first-order chi connectivity index (χ1) is 9.50. The van der Waals surface area contributed by atoms with E-state index in [4.69, 9.17) is 0 Å². The number of hydrogen-bond donors (Lipinski definition) is 1. The summed E-state index contributed by atoms with van der Waals surface area (Å²) in [5.74, 6) is 0. The van der Waals surface area contributed by atoms with Gasteiger partial charge in [0.25, 0.3) is 5.69 Å². The molecule has 0 radical (unpaired) electrons. The molecule has 0 bridgehead atoms. The van der Waals surface area contributed by atoms with Gasteiger partial charge >= 0.3 is 0 Å². The fourth-order valence-corrected chi connectivity index (χ4v) is 2.82. The van der Waals surface area contributed by atoms with Crippen molar-refractivity contribution in [2.75, 3.05) is 20.1 Å². The highest BCUT2D eigenvalue weighted by atomic mass is 16.6. The number of hydrogen-bond acceptors (Lipinski definition) is 5. The van der Waals surface area contributed by atoms with Crippen LogP contribution in [0.2, 0.25) is 0 Å². The minimum absolute atomic E-state index is 0.203.